The van der Waals surface area contributed by atoms with Crippen LogP contribution in [0.15, 0.2) is 37.0 Å². The molecule has 1 saturated heterocycles. The van der Waals surface area contributed by atoms with Crippen LogP contribution in [0.5, 0.6) is 0 Å². The van der Waals surface area contributed by atoms with Crippen molar-refractivity contribution in [2.75, 3.05) is 19.6 Å². The van der Waals surface area contributed by atoms with Gasteiger partial charge in [-0.05, 0) is 49.6 Å². The summed E-state index contributed by atoms with van der Waals surface area (Å²) in [5, 5.41) is 0. The lowest BCUT2D eigenvalue weighted by Gasteiger charge is -2.35. The first-order chi connectivity index (χ1) is 9.74. The van der Waals surface area contributed by atoms with Crippen molar-refractivity contribution in [3.63, 3.8) is 0 Å². The van der Waals surface area contributed by atoms with Crippen molar-refractivity contribution >= 4 is 0 Å². The normalized spacial score (nSPS) is 21.1. The quantitative estimate of drug-likeness (QED) is 0.522. The zero-order chi connectivity index (χ0) is 14.8. The highest BCUT2D eigenvalue weighted by atomic mass is 15.1. The van der Waals surface area contributed by atoms with Crippen LogP contribution in [0.1, 0.15) is 52.4 Å². The van der Waals surface area contributed by atoms with Crippen molar-refractivity contribution in [1.82, 2.24) is 4.90 Å². The molecule has 114 valence electrons. The Morgan fingerprint density at radius 2 is 1.95 bits per heavy atom. The van der Waals surface area contributed by atoms with Gasteiger partial charge in [-0.2, -0.15) is 0 Å². The van der Waals surface area contributed by atoms with Crippen LogP contribution < -0.4 is 0 Å². The highest BCUT2D eigenvalue weighted by molar-refractivity contribution is 5.24. The third-order valence-corrected chi connectivity index (χ3v) is 4.43. The molecule has 1 heterocycles. The fourth-order valence-electron chi connectivity index (χ4n) is 3.51. The molecule has 0 aromatic heterocycles. The molecule has 0 aliphatic carbocycles. The lowest BCUT2D eigenvalue weighted by Crippen LogP contribution is -2.39. The van der Waals surface area contributed by atoms with Gasteiger partial charge in [-0.3, -0.25) is 0 Å². The molecule has 1 aliphatic heterocycles. The summed E-state index contributed by atoms with van der Waals surface area (Å²) in [5.41, 5.74) is 1.37. The van der Waals surface area contributed by atoms with E-state index in [9.17, 15) is 0 Å². The minimum absolute atomic E-state index is 0.656. The first-order valence-corrected chi connectivity index (χ1v) is 8.42. The summed E-state index contributed by atoms with van der Waals surface area (Å²) in [6.07, 6.45) is 14.1. The smallest absolute Gasteiger partial charge is 0.00504 e. The van der Waals surface area contributed by atoms with Crippen LogP contribution in [0.2, 0.25) is 0 Å². The van der Waals surface area contributed by atoms with Crippen LogP contribution in [0, 0.1) is 11.8 Å². The van der Waals surface area contributed by atoms with Crippen LogP contribution in [-0.2, 0) is 0 Å². The summed E-state index contributed by atoms with van der Waals surface area (Å²) in [7, 11) is 0. The van der Waals surface area contributed by atoms with E-state index in [0.29, 0.717) is 5.92 Å². The van der Waals surface area contributed by atoms with E-state index in [2.05, 4.69) is 38.0 Å². The van der Waals surface area contributed by atoms with Crippen molar-refractivity contribution in [3.05, 3.63) is 37.0 Å². The molecule has 1 fully saturated rings. The lowest BCUT2D eigenvalue weighted by atomic mass is 9.88. The van der Waals surface area contributed by atoms with Gasteiger partial charge in [-0.15, -0.1) is 0 Å². The molecule has 0 saturated carbocycles. The first-order valence-electron chi connectivity index (χ1n) is 8.42. The maximum Gasteiger partial charge on any atom is 0.00504 e. The van der Waals surface area contributed by atoms with E-state index in [0.717, 1.165) is 5.92 Å². The standard InChI is InChI=1S/C19H33N/c1-5-10-17(11-6-2)15-20-14-9-13-19(16-20)18(8-4)12-7-3/h7-8,12,17,19H,3-6,9-11,13-16H2,1-2H3/b18-12+. The Labute approximate surface area is 126 Å². The Hall–Kier alpha value is -0.820. The number of piperidine rings is 1. The Kier molecular flexibility index (Phi) is 8.60. The van der Waals surface area contributed by atoms with Crippen LogP contribution in [-0.4, -0.2) is 24.5 Å². The largest absolute Gasteiger partial charge is 0.302 e. The molecule has 1 nitrogen and oxygen atoms in total. The van der Waals surface area contributed by atoms with E-state index in [1.165, 1.54) is 63.7 Å². The van der Waals surface area contributed by atoms with Gasteiger partial charge < -0.3 is 4.90 Å². The second-order valence-corrected chi connectivity index (χ2v) is 6.15. The summed E-state index contributed by atoms with van der Waals surface area (Å²) in [5.74, 6) is 1.54. The van der Waals surface area contributed by atoms with E-state index >= 15 is 0 Å². The number of hydrogen-bond donors (Lipinski definition) is 0. The van der Waals surface area contributed by atoms with Gasteiger partial charge in [0.1, 0.15) is 0 Å². The second-order valence-electron chi connectivity index (χ2n) is 6.15. The average Bonchev–Trinajstić information content (AvgIpc) is 2.45. The SMILES string of the molecule is C=C/C=C(\C=C)C1CCCN(CC(CCC)CCC)C1. The van der Waals surface area contributed by atoms with Gasteiger partial charge in [0.15, 0.2) is 0 Å². The number of rotatable bonds is 9. The van der Waals surface area contributed by atoms with E-state index in [-0.39, 0.29) is 0 Å². The van der Waals surface area contributed by atoms with Crippen molar-refractivity contribution in [2.24, 2.45) is 11.8 Å². The van der Waals surface area contributed by atoms with Crippen molar-refractivity contribution < 1.29 is 0 Å². The fourth-order valence-corrected chi connectivity index (χ4v) is 3.51. The summed E-state index contributed by atoms with van der Waals surface area (Å²) in [6.45, 7) is 16.2. The van der Waals surface area contributed by atoms with Gasteiger partial charge in [0.05, 0.1) is 0 Å². The molecule has 0 spiro atoms. The van der Waals surface area contributed by atoms with E-state index < -0.39 is 0 Å². The van der Waals surface area contributed by atoms with Gasteiger partial charge in [0.25, 0.3) is 0 Å². The fraction of sp³-hybridized carbons (Fsp3) is 0.684. The van der Waals surface area contributed by atoms with E-state index in [1.54, 1.807) is 0 Å². The maximum atomic E-state index is 3.97. The summed E-state index contributed by atoms with van der Waals surface area (Å²) in [6, 6.07) is 0. The molecule has 1 rings (SSSR count). The third kappa shape index (κ3) is 5.66. The summed E-state index contributed by atoms with van der Waals surface area (Å²) >= 11 is 0. The van der Waals surface area contributed by atoms with Crippen molar-refractivity contribution in [3.8, 4) is 0 Å². The second kappa shape index (κ2) is 9.99. The average molecular weight is 275 g/mol. The van der Waals surface area contributed by atoms with Gasteiger partial charge in [-0.1, -0.05) is 58.1 Å². The molecule has 1 aliphatic rings. The van der Waals surface area contributed by atoms with E-state index in [1.807, 2.05) is 12.2 Å². The molecule has 0 aromatic rings. The summed E-state index contributed by atoms with van der Waals surface area (Å²) < 4.78 is 0. The Morgan fingerprint density at radius 1 is 1.25 bits per heavy atom. The van der Waals surface area contributed by atoms with Crippen molar-refractivity contribution in [1.29, 1.82) is 0 Å². The van der Waals surface area contributed by atoms with Gasteiger partial charge in [0.2, 0.25) is 0 Å². The molecule has 0 aromatic carbocycles. The predicted octanol–water partition coefficient (Wildman–Crippen LogP) is 5.21. The zero-order valence-electron chi connectivity index (χ0n) is 13.6. The van der Waals surface area contributed by atoms with Gasteiger partial charge in [0, 0.05) is 13.1 Å². The van der Waals surface area contributed by atoms with Gasteiger partial charge in [-0.25, -0.2) is 0 Å². The molecule has 0 bridgehead atoms. The minimum Gasteiger partial charge on any atom is -0.302 e. The maximum absolute atomic E-state index is 3.97. The number of likely N-dealkylation sites (tertiary alicyclic amines) is 1. The molecule has 1 unspecified atom stereocenters. The molecule has 1 heteroatoms. The molecule has 0 radical (unpaired) electrons. The van der Waals surface area contributed by atoms with Crippen LogP contribution in [0.3, 0.4) is 0 Å². The van der Waals surface area contributed by atoms with Crippen LogP contribution in [0.4, 0.5) is 0 Å². The molecule has 0 amide bonds. The highest BCUT2D eigenvalue weighted by Gasteiger charge is 2.23. The minimum atomic E-state index is 0.656. The number of hydrogen-bond acceptors (Lipinski definition) is 1. The monoisotopic (exact) mass is 275 g/mol. The third-order valence-electron chi connectivity index (χ3n) is 4.43. The molecule has 0 N–H and O–H groups in total. The molecule has 20 heavy (non-hydrogen) atoms. The Balaban J connectivity index is 2.56. The topological polar surface area (TPSA) is 3.24 Å². The first kappa shape index (κ1) is 17.2. The van der Waals surface area contributed by atoms with E-state index in [4.69, 9.17) is 0 Å². The van der Waals surface area contributed by atoms with Crippen LogP contribution >= 0.6 is 0 Å². The zero-order valence-corrected chi connectivity index (χ0v) is 13.6. The number of allylic oxidation sites excluding steroid dienone is 3. The Morgan fingerprint density at radius 3 is 2.50 bits per heavy atom. The van der Waals surface area contributed by atoms with Crippen molar-refractivity contribution in [2.45, 2.75) is 52.4 Å². The lowest BCUT2D eigenvalue weighted by molar-refractivity contribution is 0.158. The summed E-state index contributed by atoms with van der Waals surface area (Å²) in [4.78, 5) is 2.69. The predicted molar refractivity (Wildman–Crippen MR) is 90.9 cm³/mol. The Bertz CT molecular complexity index is 310. The van der Waals surface area contributed by atoms with Crippen LogP contribution in [0.25, 0.3) is 0 Å². The van der Waals surface area contributed by atoms with Gasteiger partial charge >= 0.3 is 0 Å². The molecular formula is C19H33N. The highest BCUT2D eigenvalue weighted by Crippen LogP contribution is 2.26. The molecular weight excluding hydrogens is 242 g/mol. The number of nitrogens with zero attached hydrogens (tertiary/aromatic N) is 1. The molecule has 1 atom stereocenters.